The smallest absolute Gasteiger partial charge is 0.257 e. The Morgan fingerprint density at radius 3 is 2.74 bits per heavy atom. The molecule has 0 saturated carbocycles. The summed E-state index contributed by atoms with van der Waals surface area (Å²) in [5.41, 5.74) is 1.65. The normalized spacial score (nSPS) is 26.2. The lowest BCUT2D eigenvalue weighted by molar-refractivity contribution is -0.165. The zero-order valence-electron chi connectivity index (χ0n) is 14.3. The fraction of sp³-hybridized carbons (Fsp3) is 0.765. The molecule has 1 amide bonds. The molecule has 23 heavy (non-hydrogen) atoms. The monoisotopic (exact) mass is 321 g/mol. The van der Waals surface area contributed by atoms with Crippen LogP contribution in [0, 0.1) is 6.92 Å². The Balaban J connectivity index is 1.64. The summed E-state index contributed by atoms with van der Waals surface area (Å²) < 4.78 is 11.5. The quantitative estimate of drug-likeness (QED) is 0.921. The third-order valence-electron chi connectivity index (χ3n) is 4.93. The average molecular weight is 321 g/mol. The van der Waals surface area contributed by atoms with E-state index in [0.717, 1.165) is 31.6 Å². The standard InChI is InChI=1S/C17H27N3O3/c1-12(2)23-17(6-9-22-11-17)16(21)20-7-4-14(5-8-20)15-10-18-19-13(15)3/h10,12,14H,4-9,11H2,1-3H3,(H,18,19). The molecule has 2 fully saturated rings. The summed E-state index contributed by atoms with van der Waals surface area (Å²) in [5, 5.41) is 7.12. The molecular formula is C17H27N3O3. The van der Waals surface area contributed by atoms with Crippen molar-refractivity contribution in [2.45, 2.75) is 57.7 Å². The number of nitrogens with zero attached hydrogens (tertiary/aromatic N) is 2. The molecule has 0 aliphatic carbocycles. The molecule has 1 atom stereocenters. The highest BCUT2D eigenvalue weighted by atomic mass is 16.6. The van der Waals surface area contributed by atoms with Crippen molar-refractivity contribution < 1.29 is 14.3 Å². The average Bonchev–Trinajstić information content (AvgIpc) is 3.16. The maximum absolute atomic E-state index is 13.0. The molecule has 1 unspecified atom stereocenters. The highest BCUT2D eigenvalue weighted by Crippen LogP contribution is 2.33. The highest BCUT2D eigenvalue weighted by molar-refractivity contribution is 5.86. The van der Waals surface area contributed by atoms with E-state index in [0.29, 0.717) is 25.6 Å². The van der Waals surface area contributed by atoms with Gasteiger partial charge in [-0.1, -0.05) is 0 Å². The minimum absolute atomic E-state index is 0.0202. The van der Waals surface area contributed by atoms with E-state index in [1.165, 1.54) is 5.56 Å². The second-order valence-electron chi connectivity index (χ2n) is 6.98. The van der Waals surface area contributed by atoms with Gasteiger partial charge in [0.1, 0.15) is 0 Å². The van der Waals surface area contributed by atoms with Gasteiger partial charge in [0.15, 0.2) is 5.60 Å². The third-order valence-corrected chi connectivity index (χ3v) is 4.93. The lowest BCUT2D eigenvalue weighted by Gasteiger charge is -2.38. The molecule has 1 aromatic heterocycles. The summed E-state index contributed by atoms with van der Waals surface area (Å²) >= 11 is 0. The third kappa shape index (κ3) is 3.28. The molecule has 0 radical (unpaired) electrons. The van der Waals surface area contributed by atoms with E-state index in [1.807, 2.05) is 24.9 Å². The van der Waals surface area contributed by atoms with Crippen molar-refractivity contribution >= 4 is 5.91 Å². The topological polar surface area (TPSA) is 67.5 Å². The van der Waals surface area contributed by atoms with Crippen molar-refractivity contribution in [3.8, 4) is 0 Å². The van der Waals surface area contributed by atoms with Gasteiger partial charge in [0.25, 0.3) is 5.91 Å². The van der Waals surface area contributed by atoms with E-state index in [2.05, 4.69) is 17.1 Å². The van der Waals surface area contributed by atoms with Crippen LogP contribution >= 0.6 is 0 Å². The van der Waals surface area contributed by atoms with Crippen molar-refractivity contribution in [3.05, 3.63) is 17.5 Å². The van der Waals surface area contributed by atoms with Crippen LogP contribution in [0.3, 0.4) is 0 Å². The van der Waals surface area contributed by atoms with Gasteiger partial charge in [0, 0.05) is 25.2 Å². The van der Waals surface area contributed by atoms with Gasteiger partial charge < -0.3 is 14.4 Å². The Labute approximate surface area is 137 Å². The predicted octanol–water partition coefficient (Wildman–Crippen LogP) is 2.01. The largest absolute Gasteiger partial charge is 0.378 e. The van der Waals surface area contributed by atoms with Gasteiger partial charge in [-0.05, 0) is 45.1 Å². The summed E-state index contributed by atoms with van der Waals surface area (Å²) in [4.78, 5) is 15.0. The molecule has 0 bridgehead atoms. The zero-order chi connectivity index (χ0) is 16.4. The van der Waals surface area contributed by atoms with E-state index < -0.39 is 5.60 Å². The molecular weight excluding hydrogens is 294 g/mol. The lowest BCUT2D eigenvalue weighted by Crippen LogP contribution is -2.54. The van der Waals surface area contributed by atoms with Crippen LogP contribution in [0.4, 0.5) is 0 Å². The molecule has 6 nitrogen and oxygen atoms in total. The SMILES string of the molecule is Cc1[nH]ncc1C1CCN(C(=O)C2(OC(C)C)CCOC2)CC1. The zero-order valence-corrected chi connectivity index (χ0v) is 14.3. The second-order valence-corrected chi connectivity index (χ2v) is 6.98. The highest BCUT2D eigenvalue weighted by Gasteiger charge is 2.47. The number of carbonyl (C=O) groups is 1. The van der Waals surface area contributed by atoms with Gasteiger partial charge in [0.2, 0.25) is 0 Å². The van der Waals surface area contributed by atoms with Gasteiger partial charge in [-0.15, -0.1) is 0 Å². The molecule has 0 aromatic carbocycles. The first kappa shape index (κ1) is 16.5. The number of amides is 1. The van der Waals surface area contributed by atoms with Crippen LogP contribution in [0.15, 0.2) is 6.20 Å². The number of hydrogen-bond donors (Lipinski definition) is 1. The first-order valence-corrected chi connectivity index (χ1v) is 8.56. The number of nitrogens with one attached hydrogen (secondary N) is 1. The number of ether oxygens (including phenoxy) is 2. The number of aromatic amines is 1. The number of hydrogen-bond acceptors (Lipinski definition) is 4. The van der Waals surface area contributed by atoms with E-state index >= 15 is 0 Å². The summed E-state index contributed by atoms with van der Waals surface area (Å²) in [6.07, 6.45) is 4.55. The van der Waals surface area contributed by atoms with Crippen LogP contribution in [0.25, 0.3) is 0 Å². The van der Waals surface area contributed by atoms with Crippen LogP contribution < -0.4 is 0 Å². The van der Waals surface area contributed by atoms with Crippen LogP contribution in [0.1, 0.15) is 50.3 Å². The van der Waals surface area contributed by atoms with Crippen molar-refractivity contribution in [2.24, 2.45) is 0 Å². The number of aryl methyl sites for hydroxylation is 1. The maximum Gasteiger partial charge on any atom is 0.257 e. The van der Waals surface area contributed by atoms with Crippen molar-refractivity contribution in [1.29, 1.82) is 0 Å². The van der Waals surface area contributed by atoms with E-state index in [-0.39, 0.29) is 12.0 Å². The van der Waals surface area contributed by atoms with Crippen LogP contribution in [0.5, 0.6) is 0 Å². The van der Waals surface area contributed by atoms with Crippen LogP contribution in [-0.2, 0) is 14.3 Å². The molecule has 3 heterocycles. The van der Waals surface area contributed by atoms with E-state index in [9.17, 15) is 4.79 Å². The Bertz CT molecular complexity index is 541. The fourth-order valence-electron chi connectivity index (χ4n) is 3.76. The number of aromatic nitrogens is 2. The Morgan fingerprint density at radius 1 is 1.48 bits per heavy atom. The van der Waals surface area contributed by atoms with Crippen molar-refractivity contribution in [1.82, 2.24) is 15.1 Å². The van der Waals surface area contributed by atoms with E-state index in [1.54, 1.807) is 0 Å². The molecule has 1 N–H and O–H groups in total. The van der Waals surface area contributed by atoms with Crippen LogP contribution in [0.2, 0.25) is 0 Å². The molecule has 128 valence electrons. The van der Waals surface area contributed by atoms with Gasteiger partial charge >= 0.3 is 0 Å². The number of likely N-dealkylation sites (tertiary alicyclic amines) is 1. The Morgan fingerprint density at radius 2 is 2.22 bits per heavy atom. The van der Waals surface area contributed by atoms with Gasteiger partial charge in [-0.25, -0.2) is 0 Å². The molecule has 2 aliphatic rings. The predicted molar refractivity (Wildman–Crippen MR) is 86.3 cm³/mol. The summed E-state index contributed by atoms with van der Waals surface area (Å²) in [6, 6.07) is 0. The summed E-state index contributed by atoms with van der Waals surface area (Å²) in [7, 11) is 0. The van der Waals surface area contributed by atoms with Gasteiger partial charge in [-0.3, -0.25) is 9.89 Å². The number of H-pyrrole nitrogens is 1. The molecule has 6 heteroatoms. The van der Waals surface area contributed by atoms with Crippen molar-refractivity contribution in [3.63, 3.8) is 0 Å². The van der Waals surface area contributed by atoms with Crippen molar-refractivity contribution in [2.75, 3.05) is 26.3 Å². The number of piperidine rings is 1. The Hall–Kier alpha value is -1.40. The molecule has 2 saturated heterocycles. The first-order chi connectivity index (χ1) is 11.0. The minimum atomic E-state index is -0.771. The minimum Gasteiger partial charge on any atom is -0.378 e. The molecule has 0 spiro atoms. The lowest BCUT2D eigenvalue weighted by atomic mass is 9.89. The molecule has 1 aromatic rings. The second kappa shape index (κ2) is 6.61. The molecule has 2 aliphatic heterocycles. The van der Waals surface area contributed by atoms with E-state index in [4.69, 9.17) is 9.47 Å². The summed E-state index contributed by atoms with van der Waals surface area (Å²) in [6.45, 7) is 8.53. The number of rotatable bonds is 4. The van der Waals surface area contributed by atoms with Crippen LogP contribution in [-0.4, -0.2) is 59.0 Å². The first-order valence-electron chi connectivity index (χ1n) is 8.56. The van der Waals surface area contributed by atoms with Gasteiger partial charge in [-0.2, -0.15) is 5.10 Å². The fourth-order valence-corrected chi connectivity index (χ4v) is 3.76. The number of carbonyl (C=O) groups excluding carboxylic acids is 1. The summed E-state index contributed by atoms with van der Waals surface area (Å²) in [5.74, 6) is 0.589. The molecule has 3 rings (SSSR count). The maximum atomic E-state index is 13.0. The Kier molecular flexibility index (Phi) is 4.73. The van der Waals surface area contributed by atoms with Gasteiger partial charge in [0.05, 0.1) is 25.5 Å².